The molecule has 1 aromatic carbocycles. The minimum atomic E-state index is -4.75. The summed E-state index contributed by atoms with van der Waals surface area (Å²) in [7, 11) is 0. The summed E-state index contributed by atoms with van der Waals surface area (Å²) < 4.78 is 40.3. The number of ether oxygens (including phenoxy) is 1. The Labute approximate surface area is 146 Å². The second-order valence-electron chi connectivity index (χ2n) is 5.79. The average molecular weight is 367 g/mol. The summed E-state index contributed by atoms with van der Waals surface area (Å²) in [6.07, 6.45) is -0.381. The smallest absolute Gasteiger partial charge is 0.406 e. The number of alkyl halides is 3. The minimum absolute atomic E-state index is 0.177. The van der Waals surface area contributed by atoms with Gasteiger partial charge in [0.1, 0.15) is 11.6 Å². The lowest BCUT2D eigenvalue weighted by Crippen LogP contribution is -2.29. The van der Waals surface area contributed by atoms with Crippen LogP contribution in [-0.4, -0.2) is 28.3 Å². The van der Waals surface area contributed by atoms with Gasteiger partial charge in [-0.15, -0.1) is 13.2 Å². The number of nitrogens with two attached hydrogens (primary N) is 1. The molecule has 0 radical (unpaired) electrons. The van der Waals surface area contributed by atoms with Crippen molar-refractivity contribution in [2.45, 2.75) is 31.7 Å². The lowest BCUT2D eigenvalue weighted by Gasteiger charge is -2.27. The molecule has 0 spiro atoms. The van der Waals surface area contributed by atoms with E-state index in [2.05, 4.69) is 25.3 Å². The third-order valence-electron chi connectivity index (χ3n) is 3.84. The molecule has 26 heavy (non-hydrogen) atoms. The molecule has 1 aromatic heterocycles. The van der Waals surface area contributed by atoms with E-state index < -0.39 is 12.3 Å². The first-order valence-electron chi connectivity index (χ1n) is 7.86. The van der Waals surface area contributed by atoms with Crippen LogP contribution in [0.2, 0.25) is 0 Å². The van der Waals surface area contributed by atoms with Gasteiger partial charge in [-0.3, -0.25) is 4.79 Å². The Balaban J connectivity index is 1.74. The fraction of sp³-hybridized carbons (Fsp3) is 0.312. The van der Waals surface area contributed by atoms with E-state index in [1.54, 1.807) is 0 Å². The van der Waals surface area contributed by atoms with Gasteiger partial charge in [0.25, 0.3) is 5.91 Å². The quantitative estimate of drug-likeness (QED) is 0.725. The van der Waals surface area contributed by atoms with Gasteiger partial charge in [-0.05, 0) is 43.5 Å². The van der Waals surface area contributed by atoms with Crippen LogP contribution in [0.5, 0.6) is 5.75 Å². The van der Waals surface area contributed by atoms with E-state index in [0.717, 1.165) is 19.3 Å². The van der Waals surface area contributed by atoms with Crippen molar-refractivity contribution >= 4 is 23.4 Å². The van der Waals surface area contributed by atoms with Gasteiger partial charge in [0.15, 0.2) is 0 Å². The van der Waals surface area contributed by atoms with Gasteiger partial charge < -0.3 is 21.1 Å². The van der Waals surface area contributed by atoms with Crippen LogP contribution in [0.4, 0.5) is 30.6 Å². The second kappa shape index (κ2) is 7.06. The number of rotatable bonds is 6. The maximum absolute atomic E-state index is 12.2. The molecular weight excluding hydrogens is 351 g/mol. The largest absolute Gasteiger partial charge is 0.573 e. The molecule has 1 saturated carbocycles. The van der Waals surface area contributed by atoms with Gasteiger partial charge in [-0.1, -0.05) is 0 Å². The lowest BCUT2D eigenvalue weighted by molar-refractivity contribution is -0.274. The molecule has 1 fully saturated rings. The summed E-state index contributed by atoms with van der Waals surface area (Å²) in [5.41, 5.74) is 5.97. The van der Waals surface area contributed by atoms with Gasteiger partial charge in [-0.25, -0.2) is 4.98 Å². The van der Waals surface area contributed by atoms with Crippen molar-refractivity contribution in [2.75, 3.05) is 10.6 Å². The van der Waals surface area contributed by atoms with Crippen LogP contribution < -0.4 is 21.1 Å². The molecule has 0 saturated heterocycles. The van der Waals surface area contributed by atoms with Gasteiger partial charge in [0.2, 0.25) is 5.95 Å². The monoisotopic (exact) mass is 367 g/mol. The lowest BCUT2D eigenvalue weighted by atomic mass is 9.93. The van der Waals surface area contributed by atoms with Crippen LogP contribution in [0.15, 0.2) is 30.5 Å². The summed E-state index contributed by atoms with van der Waals surface area (Å²) in [5, 5.41) is 6.01. The van der Waals surface area contributed by atoms with Crippen molar-refractivity contribution in [3.8, 4) is 5.75 Å². The van der Waals surface area contributed by atoms with Crippen molar-refractivity contribution in [1.29, 1.82) is 0 Å². The number of carbonyl (C=O) groups is 1. The highest BCUT2D eigenvalue weighted by Crippen LogP contribution is 2.27. The Kier molecular flexibility index (Phi) is 4.83. The number of hydrogen-bond donors (Lipinski definition) is 3. The highest BCUT2D eigenvalue weighted by Gasteiger charge is 2.31. The Morgan fingerprint density at radius 2 is 1.92 bits per heavy atom. The van der Waals surface area contributed by atoms with Crippen molar-refractivity contribution < 1.29 is 22.7 Å². The maximum atomic E-state index is 12.2. The van der Waals surface area contributed by atoms with E-state index in [0.29, 0.717) is 11.5 Å². The summed E-state index contributed by atoms with van der Waals surface area (Å²) in [5.74, 6) is -0.467. The van der Waals surface area contributed by atoms with Crippen molar-refractivity contribution in [3.05, 3.63) is 36.0 Å². The van der Waals surface area contributed by atoms with E-state index in [1.807, 2.05) is 0 Å². The minimum Gasteiger partial charge on any atom is -0.406 e. The molecule has 1 amide bonds. The Hall–Kier alpha value is -3.04. The van der Waals surface area contributed by atoms with Gasteiger partial charge in [0.05, 0.1) is 5.56 Å². The van der Waals surface area contributed by atoms with E-state index in [-0.39, 0.29) is 23.3 Å². The van der Waals surface area contributed by atoms with Crippen molar-refractivity contribution in [2.24, 2.45) is 5.73 Å². The summed E-state index contributed by atoms with van der Waals surface area (Å²) in [6, 6.07) is 5.36. The number of carbonyl (C=O) groups excluding carboxylic acids is 1. The SMILES string of the molecule is NC(=O)c1cnc(Nc2ccc(OC(F)(F)F)cc2)nc1NC1CCC1. The van der Waals surface area contributed by atoms with Crippen LogP contribution in [0, 0.1) is 0 Å². The number of benzene rings is 1. The maximum Gasteiger partial charge on any atom is 0.573 e. The molecule has 2 aromatic rings. The first kappa shape index (κ1) is 17.8. The number of halogens is 3. The summed E-state index contributed by atoms with van der Waals surface area (Å²) >= 11 is 0. The van der Waals surface area contributed by atoms with Crippen LogP contribution in [0.25, 0.3) is 0 Å². The molecule has 1 aliphatic carbocycles. The molecule has 1 aliphatic rings. The Morgan fingerprint density at radius 3 is 2.46 bits per heavy atom. The zero-order valence-corrected chi connectivity index (χ0v) is 13.5. The molecule has 0 atom stereocenters. The Morgan fingerprint density at radius 1 is 1.23 bits per heavy atom. The second-order valence-corrected chi connectivity index (χ2v) is 5.79. The molecular formula is C16H16F3N5O2. The zero-order valence-electron chi connectivity index (χ0n) is 13.5. The van der Waals surface area contributed by atoms with E-state index in [9.17, 15) is 18.0 Å². The summed E-state index contributed by atoms with van der Waals surface area (Å²) in [4.78, 5) is 19.8. The Bertz CT molecular complexity index is 791. The van der Waals surface area contributed by atoms with Gasteiger partial charge in [0, 0.05) is 17.9 Å². The fourth-order valence-electron chi connectivity index (χ4n) is 2.35. The zero-order chi connectivity index (χ0) is 18.7. The van der Waals surface area contributed by atoms with Crippen LogP contribution in [-0.2, 0) is 0 Å². The van der Waals surface area contributed by atoms with Gasteiger partial charge in [-0.2, -0.15) is 4.98 Å². The highest BCUT2D eigenvalue weighted by atomic mass is 19.4. The number of hydrogen-bond acceptors (Lipinski definition) is 6. The molecule has 138 valence electrons. The topological polar surface area (TPSA) is 102 Å². The number of anilines is 3. The fourth-order valence-corrected chi connectivity index (χ4v) is 2.35. The van der Waals surface area contributed by atoms with Crippen LogP contribution in [0.3, 0.4) is 0 Å². The first-order valence-corrected chi connectivity index (χ1v) is 7.86. The van der Waals surface area contributed by atoms with Crippen molar-refractivity contribution in [3.63, 3.8) is 0 Å². The van der Waals surface area contributed by atoms with E-state index in [1.165, 1.54) is 30.5 Å². The standard InChI is InChI=1S/C16H16F3N5O2/c17-16(18,19)26-11-6-4-10(5-7-11)23-15-21-8-12(13(20)25)14(24-15)22-9-2-1-3-9/h4-9H,1-3H2,(H2,20,25)(H2,21,22,23,24). The molecule has 7 nitrogen and oxygen atoms in total. The normalized spacial score (nSPS) is 14.4. The van der Waals surface area contributed by atoms with Gasteiger partial charge >= 0.3 is 6.36 Å². The van der Waals surface area contributed by atoms with Crippen molar-refractivity contribution in [1.82, 2.24) is 9.97 Å². The number of nitrogens with zero attached hydrogens (tertiary/aromatic N) is 2. The third kappa shape index (κ3) is 4.52. The number of amides is 1. The van der Waals surface area contributed by atoms with E-state index in [4.69, 9.17) is 5.73 Å². The van der Waals surface area contributed by atoms with Crippen LogP contribution >= 0.6 is 0 Å². The molecule has 0 aliphatic heterocycles. The molecule has 0 bridgehead atoms. The highest BCUT2D eigenvalue weighted by molar-refractivity contribution is 5.97. The molecule has 0 unspecified atom stereocenters. The molecule has 3 rings (SSSR count). The average Bonchev–Trinajstić information content (AvgIpc) is 2.51. The number of nitrogens with one attached hydrogen (secondary N) is 2. The summed E-state index contributed by atoms with van der Waals surface area (Å²) in [6.45, 7) is 0. The first-order chi connectivity index (χ1) is 12.3. The van der Waals surface area contributed by atoms with E-state index >= 15 is 0 Å². The third-order valence-corrected chi connectivity index (χ3v) is 3.84. The molecule has 10 heteroatoms. The van der Waals surface area contributed by atoms with Crippen LogP contribution in [0.1, 0.15) is 29.6 Å². The predicted octanol–water partition coefficient (Wildman–Crippen LogP) is 3.18. The predicted molar refractivity (Wildman–Crippen MR) is 88.2 cm³/mol. The number of primary amides is 1. The molecule has 4 N–H and O–H groups in total. The molecule has 1 heterocycles. The number of aromatic nitrogens is 2.